The number of nitrogens with zero attached hydrogens (tertiary/aromatic N) is 3. The molecule has 0 radical (unpaired) electrons. The summed E-state index contributed by atoms with van der Waals surface area (Å²) in [6.45, 7) is 0.895. The lowest BCUT2D eigenvalue weighted by Gasteiger charge is -2.39. The molecule has 5 nitrogen and oxygen atoms in total. The van der Waals surface area contributed by atoms with Crippen molar-refractivity contribution in [2.45, 2.75) is 37.5 Å². The van der Waals surface area contributed by atoms with Gasteiger partial charge >= 0.3 is 6.18 Å². The molecule has 0 spiro atoms. The third kappa shape index (κ3) is 4.49. The number of para-hydroxylation sites is 1. The number of likely N-dealkylation sites (tertiary alicyclic amines) is 1. The molecule has 1 aromatic carbocycles. The van der Waals surface area contributed by atoms with Gasteiger partial charge in [0.1, 0.15) is 0 Å². The minimum absolute atomic E-state index is 0.0611. The molecular formula is C18H20F5N3O2. The molecule has 0 saturated carbocycles. The quantitative estimate of drug-likeness (QED) is 0.586. The number of hydrogen-bond acceptors (Lipinski definition) is 5. The van der Waals surface area contributed by atoms with E-state index in [2.05, 4.69) is 9.97 Å². The minimum Gasteiger partial charge on any atom is -0.477 e. The number of hydrogen-bond donors (Lipinski definition) is 1. The van der Waals surface area contributed by atoms with Crippen LogP contribution in [-0.2, 0) is 0 Å². The number of halogens is 5. The van der Waals surface area contributed by atoms with Crippen LogP contribution in [0.2, 0.25) is 0 Å². The molecule has 1 aromatic heterocycles. The lowest BCUT2D eigenvalue weighted by Crippen LogP contribution is -2.53. The molecule has 0 atom stereocenters. The van der Waals surface area contributed by atoms with Crippen molar-refractivity contribution in [1.29, 1.82) is 0 Å². The van der Waals surface area contributed by atoms with E-state index < -0.39 is 24.0 Å². The Morgan fingerprint density at radius 3 is 2.46 bits per heavy atom. The highest BCUT2D eigenvalue weighted by molar-refractivity contribution is 5.83. The maximum Gasteiger partial charge on any atom is 0.417 e. The first-order valence-electron chi connectivity index (χ1n) is 8.89. The normalized spacial score (nSPS) is 18.0. The van der Waals surface area contributed by atoms with Gasteiger partial charge in [-0.2, -0.15) is 18.2 Å². The van der Waals surface area contributed by atoms with Gasteiger partial charge in [0.25, 0.3) is 6.43 Å². The Bertz CT molecular complexity index is 807. The summed E-state index contributed by atoms with van der Waals surface area (Å²) in [6, 6.07) is 6.65. The van der Waals surface area contributed by atoms with Crippen LogP contribution in [0, 0.1) is 0 Å². The van der Waals surface area contributed by atoms with Crippen LogP contribution in [0.3, 0.4) is 0 Å². The second-order valence-corrected chi connectivity index (χ2v) is 6.78. The highest BCUT2D eigenvalue weighted by Gasteiger charge is 2.54. The lowest BCUT2D eigenvalue weighted by molar-refractivity contribution is -0.272. The van der Waals surface area contributed by atoms with Gasteiger partial charge in [0.05, 0.1) is 17.5 Å². The molecule has 28 heavy (non-hydrogen) atoms. The molecule has 0 bridgehead atoms. The van der Waals surface area contributed by atoms with Crippen molar-refractivity contribution in [3.63, 3.8) is 0 Å². The summed E-state index contributed by atoms with van der Waals surface area (Å²) >= 11 is 0. The van der Waals surface area contributed by atoms with E-state index in [9.17, 15) is 27.1 Å². The number of aliphatic hydroxyl groups is 1. The Hall–Kier alpha value is -2.07. The average molecular weight is 405 g/mol. The second-order valence-electron chi connectivity index (χ2n) is 6.78. The molecule has 1 aliphatic rings. The van der Waals surface area contributed by atoms with Gasteiger partial charge in [-0.15, -0.1) is 0 Å². The third-order valence-electron chi connectivity index (χ3n) is 4.85. The summed E-state index contributed by atoms with van der Waals surface area (Å²) in [5.41, 5.74) is -2.27. The first-order valence-corrected chi connectivity index (χ1v) is 8.89. The fourth-order valence-electron chi connectivity index (χ4n) is 3.16. The molecule has 3 rings (SSSR count). The van der Waals surface area contributed by atoms with Gasteiger partial charge in [0.2, 0.25) is 5.88 Å². The summed E-state index contributed by atoms with van der Waals surface area (Å²) in [4.78, 5) is 9.39. The van der Waals surface area contributed by atoms with Crippen molar-refractivity contribution in [2.24, 2.45) is 0 Å². The van der Waals surface area contributed by atoms with Crippen molar-refractivity contribution in [2.75, 3.05) is 26.2 Å². The molecule has 2 aromatic rings. The van der Waals surface area contributed by atoms with Crippen molar-refractivity contribution in [3.8, 4) is 5.88 Å². The Balaban J connectivity index is 1.54. The molecule has 154 valence electrons. The maximum atomic E-state index is 13.0. The summed E-state index contributed by atoms with van der Waals surface area (Å²) in [7, 11) is 0. The molecular weight excluding hydrogens is 385 g/mol. The fraction of sp³-hybridized carbons (Fsp3) is 0.556. The summed E-state index contributed by atoms with van der Waals surface area (Å²) in [5, 5.41) is 10.2. The standard InChI is InChI=1S/C18H20F5N3O2/c19-14(20)15-24-13-5-2-1-4-12(13)16(25-15)28-11-3-8-26-9-6-17(27,7-10-26)18(21,22)23/h1-2,4-5,14,27H,3,6-11H2. The number of ether oxygens (including phenoxy) is 1. The van der Waals surface area contributed by atoms with E-state index in [0.29, 0.717) is 23.9 Å². The van der Waals surface area contributed by atoms with E-state index in [1.165, 1.54) is 0 Å². The maximum absolute atomic E-state index is 13.0. The van der Waals surface area contributed by atoms with Crippen LogP contribution in [0.1, 0.15) is 31.5 Å². The fourth-order valence-corrected chi connectivity index (χ4v) is 3.16. The first kappa shape index (κ1) is 20.7. The van der Waals surface area contributed by atoms with Crippen LogP contribution < -0.4 is 4.74 Å². The van der Waals surface area contributed by atoms with Crippen molar-refractivity contribution in [1.82, 2.24) is 14.9 Å². The summed E-state index contributed by atoms with van der Waals surface area (Å²) in [6.07, 6.45) is -7.71. The Kier molecular flexibility index (Phi) is 5.99. The first-order chi connectivity index (χ1) is 13.2. The molecule has 0 amide bonds. The van der Waals surface area contributed by atoms with Crippen molar-refractivity contribution < 1.29 is 31.8 Å². The van der Waals surface area contributed by atoms with E-state index >= 15 is 0 Å². The summed E-state index contributed by atoms with van der Waals surface area (Å²) in [5.74, 6) is -0.554. The predicted molar refractivity (Wildman–Crippen MR) is 91.3 cm³/mol. The zero-order chi connectivity index (χ0) is 20.4. The second kappa shape index (κ2) is 8.12. The minimum atomic E-state index is -4.63. The third-order valence-corrected chi connectivity index (χ3v) is 4.85. The van der Waals surface area contributed by atoms with Gasteiger partial charge in [0, 0.05) is 19.6 Å². The molecule has 0 aliphatic carbocycles. The van der Waals surface area contributed by atoms with Gasteiger partial charge < -0.3 is 14.7 Å². The smallest absolute Gasteiger partial charge is 0.417 e. The molecule has 1 N–H and O–H groups in total. The number of piperidine rings is 1. The van der Waals surface area contributed by atoms with Gasteiger partial charge in [-0.3, -0.25) is 0 Å². The van der Waals surface area contributed by atoms with E-state index in [0.717, 1.165) is 0 Å². The van der Waals surface area contributed by atoms with E-state index in [-0.39, 0.29) is 38.4 Å². The molecule has 1 fully saturated rings. The van der Waals surface area contributed by atoms with Crippen LogP contribution in [0.15, 0.2) is 24.3 Å². The highest BCUT2D eigenvalue weighted by Crippen LogP contribution is 2.38. The van der Waals surface area contributed by atoms with Gasteiger partial charge in [-0.05, 0) is 31.4 Å². The zero-order valence-corrected chi connectivity index (χ0v) is 14.9. The van der Waals surface area contributed by atoms with Crippen molar-refractivity contribution >= 4 is 10.9 Å². The van der Waals surface area contributed by atoms with Crippen LogP contribution in [0.5, 0.6) is 5.88 Å². The average Bonchev–Trinajstić information content (AvgIpc) is 2.65. The Morgan fingerprint density at radius 1 is 1.14 bits per heavy atom. The van der Waals surface area contributed by atoms with Crippen molar-refractivity contribution in [3.05, 3.63) is 30.1 Å². The van der Waals surface area contributed by atoms with Gasteiger partial charge in [-0.25, -0.2) is 13.8 Å². The zero-order valence-electron chi connectivity index (χ0n) is 14.9. The van der Waals surface area contributed by atoms with E-state index in [4.69, 9.17) is 4.74 Å². The Morgan fingerprint density at radius 2 is 1.82 bits per heavy atom. The number of alkyl halides is 5. The molecule has 2 heterocycles. The van der Waals surface area contributed by atoms with Gasteiger partial charge in [-0.1, -0.05) is 12.1 Å². The van der Waals surface area contributed by atoms with E-state index in [1.54, 1.807) is 24.3 Å². The molecule has 1 saturated heterocycles. The number of aromatic nitrogens is 2. The monoisotopic (exact) mass is 405 g/mol. The number of fused-ring (bicyclic) bond motifs is 1. The lowest BCUT2D eigenvalue weighted by atomic mass is 9.91. The predicted octanol–water partition coefficient (Wildman–Crippen LogP) is 3.73. The molecule has 1 aliphatic heterocycles. The van der Waals surface area contributed by atoms with Crippen LogP contribution in [0.25, 0.3) is 10.9 Å². The number of rotatable bonds is 6. The van der Waals surface area contributed by atoms with Crippen LogP contribution in [0.4, 0.5) is 22.0 Å². The van der Waals surface area contributed by atoms with Crippen LogP contribution >= 0.6 is 0 Å². The highest BCUT2D eigenvalue weighted by atomic mass is 19.4. The SMILES string of the molecule is OC1(C(F)(F)F)CCN(CCCOc2nc(C(F)F)nc3ccccc23)CC1. The van der Waals surface area contributed by atoms with E-state index in [1.807, 2.05) is 4.90 Å². The molecule has 0 unspecified atom stereocenters. The largest absolute Gasteiger partial charge is 0.477 e. The number of benzene rings is 1. The summed E-state index contributed by atoms with van der Waals surface area (Å²) < 4.78 is 69.9. The topological polar surface area (TPSA) is 58.5 Å². The van der Waals surface area contributed by atoms with Gasteiger partial charge in [0.15, 0.2) is 11.4 Å². The molecule has 10 heteroatoms. The van der Waals surface area contributed by atoms with Crippen LogP contribution in [-0.4, -0.2) is 58.0 Å². The Labute approximate surface area is 158 Å².